The van der Waals surface area contributed by atoms with Crippen molar-refractivity contribution in [1.82, 2.24) is 9.71 Å². The minimum absolute atomic E-state index is 0.0170. The second-order valence-corrected chi connectivity index (χ2v) is 7.70. The van der Waals surface area contributed by atoms with Gasteiger partial charge in [-0.05, 0) is 37.3 Å². The number of nitrogens with one attached hydrogen (secondary N) is 1. The third-order valence-corrected chi connectivity index (χ3v) is 5.26. The van der Waals surface area contributed by atoms with E-state index >= 15 is 0 Å². The monoisotopic (exact) mass is 400 g/mol. The third kappa shape index (κ3) is 4.79. The number of sulfonamides is 1. The van der Waals surface area contributed by atoms with E-state index in [1.807, 2.05) is 0 Å². The van der Waals surface area contributed by atoms with Crippen molar-refractivity contribution in [3.05, 3.63) is 83.8 Å². The van der Waals surface area contributed by atoms with Crippen molar-refractivity contribution in [3.8, 4) is 11.6 Å². The molecular weight excluding hydrogens is 383 g/mol. The van der Waals surface area contributed by atoms with E-state index in [9.17, 15) is 17.6 Å². The quantitative estimate of drug-likeness (QED) is 0.612. The van der Waals surface area contributed by atoms with Crippen LogP contribution in [0.1, 0.15) is 22.8 Å². The molecule has 0 atom stereocenters. The van der Waals surface area contributed by atoms with Crippen LogP contribution < -0.4 is 9.46 Å². The zero-order valence-corrected chi connectivity index (χ0v) is 15.7. The molecule has 0 radical (unpaired) electrons. The Balaban J connectivity index is 1.79. The van der Waals surface area contributed by atoms with Crippen LogP contribution in [0.5, 0.6) is 11.6 Å². The van der Waals surface area contributed by atoms with Crippen LogP contribution in [0.4, 0.5) is 4.39 Å². The van der Waals surface area contributed by atoms with E-state index in [0.717, 1.165) is 0 Å². The summed E-state index contributed by atoms with van der Waals surface area (Å²) in [6, 6.07) is 14.6. The highest BCUT2D eigenvalue weighted by Gasteiger charge is 2.17. The molecule has 0 unspecified atom stereocenters. The molecule has 8 heteroatoms. The number of halogens is 1. The predicted molar refractivity (Wildman–Crippen MR) is 101 cm³/mol. The fourth-order valence-corrected chi connectivity index (χ4v) is 3.48. The Morgan fingerprint density at radius 2 is 1.89 bits per heavy atom. The number of hydrogen-bond donors (Lipinski definition) is 1. The van der Waals surface area contributed by atoms with E-state index in [-0.39, 0.29) is 28.9 Å². The molecule has 144 valence electrons. The first-order valence-corrected chi connectivity index (χ1v) is 9.81. The van der Waals surface area contributed by atoms with Gasteiger partial charge in [-0.25, -0.2) is 22.5 Å². The van der Waals surface area contributed by atoms with Crippen LogP contribution in [0.15, 0.2) is 71.8 Å². The van der Waals surface area contributed by atoms with Gasteiger partial charge in [0.15, 0.2) is 5.78 Å². The minimum atomic E-state index is -3.86. The van der Waals surface area contributed by atoms with E-state index in [1.54, 1.807) is 24.3 Å². The number of nitrogens with zero attached hydrogens (tertiary/aromatic N) is 1. The molecule has 28 heavy (non-hydrogen) atoms. The largest absolute Gasteiger partial charge is 0.439 e. The van der Waals surface area contributed by atoms with Gasteiger partial charge in [0.25, 0.3) is 0 Å². The molecule has 0 aliphatic heterocycles. The lowest BCUT2D eigenvalue weighted by Crippen LogP contribution is -2.23. The molecular formula is C20H17FN2O4S. The van der Waals surface area contributed by atoms with Crippen molar-refractivity contribution in [2.24, 2.45) is 0 Å². The van der Waals surface area contributed by atoms with Crippen LogP contribution in [0.25, 0.3) is 0 Å². The van der Waals surface area contributed by atoms with Crippen molar-refractivity contribution >= 4 is 15.8 Å². The highest BCUT2D eigenvalue weighted by Crippen LogP contribution is 2.24. The van der Waals surface area contributed by atoms with E-state index < -0.39 is 15.8 Å². The van der Waals surface area contributed by atoms with Crippen molar-refractivity contribution in [2.75, 3.05) is 0 Å². The molecule has 0 aliphatic rings. The number of Topliss-reactive ketones (excluding diaryl/α,β-unsaturated/α-hetero) is 1. The SMILES string of the molecule is CC(=O)c1cccc(S(=O)(=O)NCc2cccnc2Oc2cccc(F)c2)c1. The summed E-state index contributed by atoms with van der Waals surface area (Å²) in [6.45, 7) is 1.27. The maximum absolute atomic E-state index is 13.3. The molecule has 0 aliphatic carbocycles. The predicted octanol–water partition coefficient (Wildman–Crippen LogP) is 3.69. The summed E-state index contributed by atoms with van der Waals surface area (Å²) < 4.78 is 46.5. The Labute approximate surface area is 162 Å². The summed E-state index contributed by atoms with van der Waals surface area (Å²) >= 11 is 0. The summed E-state index contributed by atoms with van der Waals surface area (Å²) in [7, 11) is -3.86. The molecule has 3 rings (SSSR count). The molecule has 0 saturated heterocycles. The summed E-state index contributed by atoms with van der Waals surface area (Å²) in [5, 5.41) is 0. The van der Waals surface area contributed by atoms with Crippen LogP contribution in [0, 0.1) is 5.82 Å². The number of ether oxygens (including phenoxy) is 1. The molecule has 0 spiro atoms. The van der Waals surface area contributed by atoms with Gasteiger partial charge in [-0.15, -0.1) is 0 Å². The minimum Gasteiger partial charge on any atom is -0.439 e. The van der Waals surface area contributed by atoms with Gasteiger partial charge in [-0.2, -0.15) is 0 Å². The highest BCUT2D eigenvalue weighted by atomic mass is 32.2. The molecule has 0 fully saturated rings. The Morgan fingerprint density at radius 3 is 2.64 bits per heavy atom. The average molecular weight is 400 g/mol. The van der Waals surface area contributed by atoms with Crippen LogP contribution in [-0.4, -0.2) is 19.2 Å². The molecule has 0 saturated carbocycles. The number of benzene rings is 2. The molecule has 0 amide bonds. The van der Waals surface area contributed by atoms with Crippen LogP contribution in [0.2, 0.25) is 0 Å². The van der Waals surface area contributed by atoms with Crippen LogP contribution in [0.3, 0.4) is 0 Å². The average Bonchev–Trinajstić information content (AvgIpc) is 2.67. The maximum Gasteiger partial charge on any atom is 0.240 e. The second kappa shape index (κ2) is 8.28. The molecule has 3 aromatic rings. The fraction of sp³-hybridized carbons (Fsp3) is 0.100. The zero-order chi connectivity index (χ0) is 20.1. The van der Waals surface area contributed by atoms with Gasteiger partial charge in [0.05, 0.1) is 4.90 Å². The highest BCUT2D eigenvalue weighted by molar-refractivity contribution is 7.89. The Bertz CT molecular complexity index is 1120. The first kappa shape index (κ1) is 19.7. The number of carbonyl (C=O) groups excluding carboxylic acids is 1. The Hall–Kier alpha value is -3.10. The topological polar surface area (TPSA) is 85.4 Å². The number of rotatable bonds is 7. The van der Waals surface area contributed by atoms with Gasteiger partial charge in [0.2, 0.25) is 15.9 Å². The molecule has 6 nitrogen and oxygen atoms in total. The van der Waals surface area contributed by atoms with Crippen molar-refractivity contribution in [3.63, 3.8) is 0 Å². The Morgan fingerprint density at radius 1 is 1.11 bits per heavy atom. The van der Waals surface area contributed by atoms with E-state index in [4.69, 9.17) is 4.74 Å². The third-order valence-electron chi connectivity index (χ3n) is 3.86. The van der Waals surface area contributed by atoms with Crippen molar-refractivity contribution < 1.29 is 22.3 Å². The van der Waals surface area contributed by atoms with Gasteiger partial charge >= 0.3 is 0 Å². The van der Waals surface area contributed by atoms with Gasteiger partial charge < -0.3 is 4.74 Å². The van der Waals surface area contributed by atoms with E-state index in [1.165, 1.54) is 49.5 Å². The van der Waals surface area contributed by atoms with Gasteiger partial charge in [0.1, 0.15) is 11.6 Å². The summed E-state index contributed by atoms with van der Waals surface area (Å²) in [6.07, 6.45) is 1.49. The van der Waals surface area contributed by atoms with Crippen LogP contribution in [-0.2, 0) is 16.6 Å². The number of hydrogen-bond acceptors (Lipinski definition) is 5. The molecule has 2 aromatic carbocycles. The fourth-order valence-electron chi connectivity index (χ4n) is 2.43. The normalized spacial score (nSPS) is 11.2. The lowest BCUT2D eigenvalue weighted by atomic mass is 10.2. The number of pyridine rings is 1. The van der Waals surface area contributed by atoms with Crippen molar-refractivity contribution in [1.29, 1.82) is 0 Å². The first-order valence-electron chi connectivity index (χ1n) is 8.33. The molecule has 1 aromatic heterocycles. The van der Waals surface area contributed by atoms with Gasteiger partial charge in [0, 0.05) is 29.9 Å². The molecule has 1 N–H and O–H groups in total. The Kier molecular flexibility index (Phi) is 5.81. The van der Waals surface area contributed by atoms with E-state index in [0.29, 0.717) is 11.1 Å². The number of ketones is 1. The second-order valence-electron chi connectivity index (χ2n) is 5.94. The summed E-state index contributed by atoms with van der Waals surface area (Å²) in [4.78, 5) is 15.6. The zero-order valence-electron chi connectivity index (χ0n) is 14.9. The van der Waals surface area contributed by atoms with Crippen LogP contribution >= 0.6 is 0 Å². The molecule has 0 bridgehead atoms. The lowest BCUT2D eigenvalue weighted by Gasteiger charge is -2.11. The standard InChI is InChI=1S/C20H17FN2O4S/c1-14(24)15-5-2-9-19(11-15)28(25,26)23-13-16-6-4-10-22-20(16)27-18-8-3-7-17(21)12-18/h2-12,23H,13H2,1H3. The number of carbonyl (C=O) groups is 1. The van der Waals surface area contributed by atoms with Crippen molar-refractivity contribution in [2.45, 2.75) is 18.4 Å². The molecule has 1 heterocycles. The summed E-state index contributed by atoms with van der Waals surface area (Å²) in [5.41, 5.74) is 0.775. The smallest absolute Gasteiger partial charge is 0.240 e. The maximum atomic E-state index is 13.3. The van der Waals surface area contributed by atoms with E-state index in [2.05, 4.69) is 9.71 Å². The van der Waals surface area contributed by atoms with Gasteiger partial charge in [-0.3, -0.25) is 4.79 Å². The van der Waals surface area contributed by atoms with Gasteiger partial charge in [-0.1, -0.05) is 24.3 Å². The number of aromatic nitrogens is 1. The first-order chi connectivity index (χ1) is 13.3. The summed E-state index contributed by atoms with van der Waals surface area (Å²) in [5.74, 6) is -0.277. The lowest BCUT2D eigenvalue weighted by molar-refractivity contribution is 0.101.